The molecule has 0 bridgehead atoms. The molecule has 2 aliphatic rings. The lowest BCUT2D eigenvalue weighted by molar-refractivity contribution is -0.130. The minimum absolute atomic E-state index is 0.0153. The van der Waals surface area contributed by atoms with E-state index in [9.17, 15) is 29.4 Å². The van der Waals surface area contributed by atoms with E-state index in [2.05, 4.69) is 5.32 Å². The number of ketones is 1. The van der Waals surface area contributed by atoms with Crippen LogP contribution in [0.3, 0.4) is 0 Å². The third kappa shape index (κ3) is 9.24. The van der Waals surface area contributed by atoms with E-state index < -0.39 is 23.7 Å². The summed E-state index contributed by atoms with van der Waals surface area (Å²) < 4.78 is 22.4. The van der Waals surface area contributed by atoms with E-state index in [4.69, 9.17) is 18.9 Å². The Labute approximate surface area is 287 Å². The molecule has 2 aromatic rings. The van der Waals surface area contributed by atoms with Crippen LogP contribution in [0.2, 0.25) is 0 Å². The van der Waals surface area contributed by atoms with Crippen molar-refractivity contribution in [2.75, 3.05) is 34.4 Å². The lowest BCUT2D eigenvalue weighted by atomic mass is 9.84. The van der Waals surface area contributed by atoms with Gasteiger partial charge < -0.3 is 39.4 Å². The molecule has 1 saturated heterocycles. The number of nitrogens with one attached hydrogen (secondary N) is 1. The lowest BCUT2D eigenvalue weighted by Crippen LogP contribution is -2.46. The topological polar surface area (TPSA) is 161 Å². The van der Waals surface area contributed by atoms with Crippen LogP contribution in [0.5, 0.6) is 28.7 Å². The Hall–Kier alpha value is -4.74. The fourth-order valence-corrected chi connectivity index (χ4v) is 6.52. The molecule has 2 heterocycles. The number of fused-ring (bicyclic) bond motifs is 1. The zero-order valence-corrected chi connectivity index (χ0v) is 29.0. The number of aromatic hydroxyl groups is 2. The molecule has 266 valence electrons. The van der Waals surface area contributed by atoms with Gasteiger partial charge in [-0.25, -0.2) is 4.79 Å². The average Bonchev–Trinajstić information content (AvgIpc) is 3.06. The van der Waals surface area contributed by atoms with E-state index in [1.165, 1.54) is 34.3 Å². The number of hydrogen-bond donors (Lipinski definition) is 3. The van der Waals surface area contributed by atoms with Crippen molar-refractivity contribution in [2.24, 2.45) is 0 Å². The van der Waals surface area contributed by atoms with E-state index in [1.807, 2.05) is 0 Å². The third-order valence-corrected chi connectivity index (χ3v) is 9.18. The monoisotopic (exact) mass is 680 g/mol. The molecule has 2 atom stereocenters. The Bertz CT molecular complexity index is 1540. The number of allylic oxidation sites excluding steroid dienone is 1. The number of methoxy groups -OCH3 is 3. The summed E-state index contributed by atoms with van der Waals surface area (Å²) in [6.07, 6.45) is 6.87. The highest BCUT2D eigenvalue weighted by atomic mass is 16.5. The van der Waals surface area contributed by atoms with Crippen LogP contribution in [0.25, 0.3) is 6.08 Å². The molecule has 12 nitrogen and oxygen atoms in total. The zero-order valence-electron chi connectivity index (χ0n) is 29.0. The van der Waals surface area contributed by atoms with Gasteiger partial charge in [0.15, 0.2) is 11.5 Å². The van der Waals surface area contributed by atoms with Crippen LogP contribution in [0.4, 0.5) is 0 Å². The lowest BCUT2D eigenvalue weighted by Gasteiger charge is -2.32. The number of ether oxygens (including phenoxy) is 4. The number of rotatable bonds is 8. The van der Waals surface area contributed by atoms with Crippen LogP contribution < -0.4 is 19.5 Å². The molecule has 0 aromatic heterocycles. The Kier molecular flexibility index (Phi) is 12.9. The van der Waals surface area contributed by atoms with Gasteiger partial charge in [0.25, 0.3) is 0 Å². The fourth-order valence-electron chi connectivity index (χ4n) is 6.52. The van der Waals surface area contributed by atoms with Crippen molar-refractivity contribution in [1.29, 1.82) is 0 Å². The smallest absolute Gasteiger partial charge is 0.342 e. The molecule has 12 heteroatoms. The van der Waals surface area contributed by atoms with Crippen LogP contribution in [-0.4, -0.2) is 85.2 Å². The van der Waals surface area contributed by atoms with Crippen LogP contribution >= 0.6 is 0 Å². The number of amides is 2. The van der Waals surface area contributed by atoms with Gasteiger partial charge in [0.05, 0.1) is 27.4 Å². The summed E-state index contributed by atoms with van der Waals surface area (Å²) in [7, 11) is 4.37. The summed E-state index contributed by atoms with van der Waals surface area (Å²) in [5, 5.41) is 26.5. The number of phenolic OH excluding ortho intramolecular Hbond substituents is 2. The number of carbonyl (C=O) groups excluding carboxylic acids is 4. The number of carbonyl (C=O) groups is 4. The third-order valence-electron chi connectivity index (χ3n) is 9.18. The molecule has 2 unspecified atom stereocenters. The number of phenols is 2. The second-order valence-corrected chi connectivity index (χ2v) is 12.6. The molecule has 2 amide bonds. The Balaban J connectivity index is 1.81. The summed E-state index contributed by atoms with van der Waals surface area (Å²) >= 11 is 0. The molecule has 0 radical (unpaired) electrons. The maximum atomic E-state index is 13.7. The van der Waals surface area contributed by atoms with E-state index >= 15 is 0 Å². The number of esters is 1. The number of hydrogen-bond acceptors (Lipinski definition) is 10. The number of likely N-dealkylation sites (tertiary alicyclic amines) is 1. The largest absolute Gasteiger partial charge is 0.507 e. The maximum Gasteiger partial charge on any atom is 0.342 e. The number of benzene rings is 2. The predicted octanol–water partition coefficient (Wildman–Crippen LogP) is 5.25. The van der Waals surface area contributed by atoms with Crippen molar-refractivity contribution in [2.45, 2.75) is 89.7 Å². The quantitative estimate of drug-likeness (QED) is 0.314. The Morgan fingerprint density at radius 2 is 1.63 bits per heavy atom. The second kappa shape index (κ2) is 17.1. The number of piperidine rings is 1. The SMILES string of the molecule is COc1cc(C(CC(=O)NC2CCN(C(C)=O)CC2)c2c(O)cc3c(c2O)C(=O)OC(C)CCCC(=O)CCCC=C3)cc(OC)c1OC. The van der Waals surface area contributed by atoms with Gasteiger partial charge >= 0.3 is 5.97 Å². The summed E-state index contributed by atoms with van der Waals surface area (Å²) in [4.78, 5) is 53.2. The van der Waals surface area contributed by atoms with Gasteiger partial charge in [-0.15, -0.1) is 0 Å². The molecule has 1 fully saturated rings. The standard InChI is InChI=1S/C37H48N2O10/c1-22-10-9-13-27(41)12-8-6-7-11-24-18-29(42)34(35(44)33(24)37(45)49-22)28(25-19-30(46-3)36(48-5)31(20-25)47-4)21-32(43)38-26-14-16-39(17-15-26)23(2)40/h7,11,18-20,22,26,28,42,44H,6,8-10,12-17,21H2,1-5H3,(H,38,43). The summed E-state index contributed by atoms with van der Waals surface area (Å²) in [5.74, 6) is -1.92. The fraction of sp³-hybridized carbons (Fsp3) is 0.514. The maximum absolute atomic E-state index is 13.7. The first-order valence-electron chi connectivity index (χ1n) is 16.8. The molecule has 0 spiro atoms. The first-order valence-corrected chi connectivity index (χ1v) is 16.8. The zero-order chi connectivity index (χ0) is 35.7. The van der Waals surface area contributed by atoms with Crippen molar-refractivity contribution < 1.29 is 48.3 Å². The van der Waals surface area contributed by atoms with Gasteiger partial charge in [-0.2, -0.15) is 0 Å². The summed E-state index contributed by atoms with van der Waals surface area (Å²) in [5.41, 5.74) is 0.506. The van der Waals surface area contributed by atoms with Crippen LogP contribution in [0.15, 0.2) is 24.3 Å². The van der Waals surface area contributed by atoms with E-state index in [1.54, 1.807) is 36.1 Å². The minimum Gasteiger partial charge on any atom is -0.507 e. The van der Waals surface area contributed by atoms with E-state index in [0.29, 0.717) is 87.3 Å². The number of cyclic esters (lactones) is 1. The van der Waals surface area contributed by atoms with Gasteiger partial charge in [-0.1, -0.05) is 12.2 Å². The van der Waals surface area contributed by atoms with E-state index in [-0.39, 0.29) is 52.5 Å². The molecule has 2 aromatic carbocycles. The highest BCUT2D eigenvalue weighted by molar-refractivity contribution is 5.98. The van der Waals surface area contributed by atoms with E-state index in [0.717, 1.165) is 0 Å². The number of nitrogens with zero attached hydrogens (tertiary/aromatic N) is 1. The van der Waals surface area contributed by atoms with Crippen LogP contribution in [-0.2, 0) is 19.1 Å². The molecule has 49 heavy (non-hydrogen) atoms. The van der Waals surface area contributed by atoms with Crippen LogP contribution in [0.1, 0.15) is 105 Å². The normalized spacial score (nSPS) is 18.5. The van der Waals surface area contributed by atoms with Crippen molar-refractivity contribution in [3.8, 4) is 28.7 Å². The molecule has 0 saturated carbocycles. The minimum atomic E-state index is -0.982. The highest BCUT2D eigenvalue weighted by Gasteiger charge is 2.33. The highest BCUT2D eigenvalue weighted by Crippen LogP contribution is 2.47. The van der Waals surface area contributed by atoms with Crippen molar-refractivity contribution >= 4 is 29.6 Å². The van der Waals surface area contributed by atoms with Gasteiger partial charge in [0, 0.05) is 56.8 Å². The van der Waals surface area contributed by atoms with Crippen molar-refractivity contribution in [3.05, 3.63) is 46.5 Å². The molecular formula is C37H48N2O10. The Morgan fingerprint density at radius 1 is 0.980 bits per heavy atom. The molecule has 2 aliphatic heterocycles. The number of Topliss-reactive ketones (excluding diaryl/α,β-unsaturated/α-hetero) is 1. The molecule has 4 rings (SSSR count). The van der Waals surface area contributed by atoms with Gasteiger partial charge in [-0.05, 0) is 74.8 Å². The van der Waals surface area contributed by atoms with Crippen molar-refractivity contribution in [1.82, 2.24) is 10.2 Å². The second-order valence-electron chi connectivity index (χ2n) is 12.6. The molecule has 0 aliphatic carbocycles. The van der Waals surface area contributed by atoms with Crippen LogP contribution in [0, 0.1) is 0 Å². The van der Waals surface area contributed by atoms with Gasteiger partial charge in [-0.3, -0.25) is 14.4 Å². The molecule has 3 N–H and O–H groups in total. The summed E-state index contributed by atoms with van der Waals surface area (Å²) in [6.45, 7) is 4.29. The summed E-state index contributed by atoms with van der Waals surface area (Å²) in [6, 6.07) is 4.48. The Morgan fingerprint density at radius 3 is 2.24 bits per heavy atom. The van der Waals surface area contributed by atoms with Crippen molar-refractivity contribution in [3.63, 3.8) is 0 Å². The first-order chi connectivity index (χ1) is 23.5. The average molecular weight is 681 g/mol. The van der Waals surface area contributed by atoms with Gasteiger partial charge in [0.2, 0.25) is 17.6 Å². The predicted molar refractivity (Wildman–Crippen MR) is 182 cm³/mol. The first kappa shape index (κ1) is 37.1. The molecular weight excluding hydrogens is 632 g/mol. The van der Waals surface area contributed by atoms with Gasteiger partial charge in [0.1, 0.15) is 22.8 Å².